The molecule has 232 valence electrons. The van der Waals surface area contributed by atoms with Crippen LogP contribution in [0.5, 0.6) is 0 Å². The van der Waals surface area contributed by atoms with E-state index in [0.29, 0.717) is 42.7 Å². The fraction of sp³-hybridized carbons (Fsp3) is 0.593. The van der Waals surface area contributed by atoms with Crippen molar-refractivity contribution in [3.05, 3.63) is 35.5 Å². The fourth-order valence-corrected chi connectivity index (χ4v) is 6.64. The largest absolute Gasteiger partial charge is 0.340 e. The maximum absolute atomic E-state index is 13.7. The molecular formula is C27H36BF2N7O5S. The van der Waals surface area contributed by atoms with Gasteiger partial charge in [0.1, 0.15) is 0 Å². The third-order valence-electron chi connectivity index (χ3n) is 8.49. The summed E-state index contributed by atoms with van der Waals surface area (Å²) >= 11 is 0. The molecule has 2 aliphatic heterocycles. The zero-order valence-electron chi connectivity index (χ0n) is 24.0. The predicted octanol–water partition coefficient (Wildman–Crippen LogP) is 3.15. The number of anilines is 4. The second-order valence-electron chi connectivity index (χ2n) is 11.6. The Morgan fingerprint density at radius 1 is 1.09 bits per heavy atom. The first kappa shape index (κ1) is 31.0. The Kier molecular flexibility index (Phi) is 8.88. The van der Waals surface area contributed by atoms with Crippen LogP contribution in [0.25, 0.3) is 0 Å². The third kappa shape index (κ3) is 7.40. The van der Waals surface area contributed by atoms with E-state index in [-0.39, 0.29) is 43.4 Å². The van der Waals surface area contributed by atoms with Crippen molar-refractivity contribution in [1.29, 1.82) is 5.31 Å². The minimum atomic E-state index is -4.08. The normalized spacial score (nSPS) is 19.8. The predicted molar refractivity (Wildman–Crippen MR) is 159 cm³/mol. The number of alkyl halides is 2. The summed E-state index contributed by atoms with van der Waals surface area (Å²) in [6, 6.07) is 6.21. The molecule has 1 atom stereocenters. The quantitative estimate of drug-likeness (QED) is 0.277. The molecule has 1 amide bonds. The van der Waals surface area contributed by atoms with Gasteiger partial charge >= 0.3 is 157 Å². The van der Waals surface area contributed by atoms with E-state index in [9.17, 15) is 27.1 Å². The second kappa shape index (κ2) is 12.3. The van der Waals surface area contributed by atoms with Gasteiger partial charge in [-0.2, -0.15) is 4.98 Å². The van der Waals surface area contributed by atoms with Gasteiger partial charge in [0.25, 0.3) is 5.92 Å². The summed E-state index contributed by atoms with van der Waals surface area (Å²) in [5, 5.41) is 18.1. The SMILES string of the molecule is Cc1cc(NC(=O)c2ccc(NS(=O)(=O)C(CO)COB=N)cc2N2CCC3(CC2)CC3)nc(N2CCC(F)(F)CC2)n1. The molecule has 3 heterocycles. The summed E-state index contributed by atoms with van der Waals surface area (Å²) < 4.78 is 60.5. The third-order valence-corrected chi connectivity index (χ3v) is 10.2. The average Bonchev–Trinajstić information content (AvgIpc) is 3.71. The minimum Gasteiger partial charge on any atom is -0.340 e. The van der Waals surface area contributed by atoms with Crippen LogP contribution in [0.4, 0.5) is 31.9 Å². The number of benzene rings is 1. The monoisotopic (exact) mass is 619 g/mol. The van der Waals surface area contributed by atoms with E-state index >= 15 is 0 Å². The number of amides is 1. The number of sulfonamides is 1. The molecule has 1 aliphatic carbocycles. The summed E-state index contributed by atoms with van der Waals surface area (Å²) in [6.45, 7) is 2.26. The minimum absolute atomic E-state index is 0.104. The van der Waals surface area contributed by atoms with Crippen molar-refractivity contribution < 1.29 is 31.8 Å². The van der Waals surface area contributed by atoms with Crippen LogP contribution in [0.3, 0.4) is 0 Å². The van der Waals surface area contributed by atoms with Crippen LogP contribution in [0.1, 0.15) is 54.6 Å². The van der Waals surface area contributed by atoms with E-state index in [1.54, 1.807) is 24.0 Å². The number of aliphatic hydroxyl groups is 1. The Labute approximate surface area is 250 Å². The van der Waals surface area contributed by atoms with E-state index in [1.807, 2.05) is 0 Å². The van der Waals surface area contributed by atoms with Crippen molar-refractivity contribution in [3.8, 4) is 0 Å². The number of halogens is 2. The number of hydrogen-bond acceptors (Lipinski definition) is 10. The molecule has 4 N–H and O–H groups in total. The summed E-state index contributed by atoms with van der Waals surface area (Å²) in [6.07, 6.45) is 3.74. The number of aromatic nitrogens is 2. The molecule has 43 heavy (non-hydrogen) atoms. The van der Waals surface area contributed by atoms with Gasteiger partial charge in [-0.1, -0.05) is 0 Å². The number of nitrogens with zero attached hydrogens (tertiary/aromatic N) is 4. The second-order valence-corrected chi connectivity index (χ2v) is 13.6. The molecule has 16 heteroatoms. The number of piperidine rings is 2. The maximum atomic E-state index is 13.7. The number of aliphatic hydroxyl groups excluding tert-OH is 1. The van der Waals surface area contributed by atoms with Crippen LogP contribution >= 0.6 is 0 Å². The molecule has 3 fully saturated rings. The zero-order chi connectivity index (χ0) is 30.8. The van der Waals surface area contributed by atoms with Gasteiger partial charge in [0.05, 0.1) is 0 Å². The molecule has 1 unspecified atom stereocenters. The Hall–Kier alpha value is -3.40. The Morgan fingerprint density at radius 3 is 2.40 bits per heavy atom. The van der Waals surface area contributed by atoms with Crippen molar-refractivity contribution in [2.24, 2.45) is 5.41 Å². The first-order valence-corrected chi connectivity index (χ1v) is 15.9. The molecular weight excluding hydrogens is 583 g/mol. The topological polar surface area (TPSA) is 161 Å². The average molecular weight is 620 g/mol. The van der Waals surface area contributed by atoms with Crippen molar-refractivity contribution >= 4 is 46.3 Å². The summed E-state index contributed by atoms with van der Waals surface area (Å²) in [5.74, 6) is -2.67. The van der Waals surface area contributed by atoms with E-state index in [4.69, 9.17) is 9.97 Å². The standard InChI is InChI=1S/C27H36BF2N7O5S/c1-18-14-23(34-25(32-18)37-12-8-27(29,30)9-13-37)33-24(39)21-3-2-19(35-43(40,41)20(16-38)17-42-28-31)15-22(21)36-10-6-26(4-5-26)7-11-36/h2-3,14-15,20,31,35,38H,4-13,16-17H2,1H3,(H,32,33,34,39). The number of aryl methyl sites for hydroxylation is 1. The molecule has 1 saturated carbocycles. The van der Waals surface area contributed by atoms with Crippen LogP contribution in [0, 0.1) is 17.7 Å². The molecule has 1 aromatic carbocycles. The van der Waals surface area contributed by atoms with Gasteiger partial charge in [-0.05, 0) is 19.8 Å². The molecule has 2 saturated heterocycles. The molecule has 1 aromatic heterocycles. The summed E-state index contributed by atoms with van der Waals surface area (Å²) in [7, 11) is -3.47. The van der Waals surface area contributed by atoms with E-state index < -0.39 is 40.3 Å². The van der Waals surface area contributed by atoms with Crippen LogP contribution in [0.15, 0.2) is 24.3 Å². The van der Waals surface area contributed by atoms with Gasteiger partial charge in [-0.25, -0.2) is 13.8 Å². The number of carbonyl (C=O) groups excluding carboxylic acids is 1. The number of carbonyl (C=O) groups is 1. The molecule has 12 nitrogen and oxygen atoms in total. The van der Waals surface area contributed by atoms with E-state index in [2.05, 4.69) is 24.9 Å². The van der Waals surface area contributed by atoms with Crippen LogP contribution < -0.4 is 19.8 Å². The van der Waals surface area contributed by atoms with E-state index in [0.717, 1.165) is 12.8 Å². The Morgan fingerprint density at radius 2 is 1.77 bits per heavy atom. The van der Waals surface area contributed by atoms with Crippen molar-refractivity contribution in [2.45, 2.75) is 56.6 Å². The van der Waals surface area contributed by atoms with Crippen LogP contribution in [0.2, 0.25) is 0 Å². The van der Waals surface area contributed by atoms with Gasteiger partial charge in [0.15, 0.2) is 0 Å². The van der Waals surface area contributed by atoms with Crippen molar-refractivity contribution in [2.75, 3.05) is 59.2 Å². The van der Waals surface area contributed by atoms with Gasteiger partial charge in [0, 0.05) is 37.7 Å². The summed E-state index contributed by atoms with van der Waals surface area (Å²) in [4.78, 5) is 26.2. The van der Waals surface area contributed by atoms with Gasteiger partial charge in [0.2, 0.25) is 5.95 Å². The summed E-state index contributed by atoms with van der Waals surface area (Å²) in [5.41, 5.74) is 2.02. The van der Waals surface area contributed by atoms with E-state index in [1.165, 1.54) is 25.0 Å². The maximum Gasteiger partial charge on any atom is 0.251 e. The molecule has 2 aromatic rings. The molecule has 3 aliphatic rings. The van der Waals surface area contributed by atoms with Gasteiger partial charge in [-0.3, -0.25) is 0 Å². The number of hydrogen-bond donors (Lipinski definition) is 4. The first-order valence-electron chi connectivity index (χ1n) is 14.3. The van der Waals surface area contributed by atoms with Gasteiger partial charge in [-0.15, -0.1) is 0 Å². The molecule has 1 spiro atoms. The molecule has 5 rings (SSSR count). The zero-order valence-corrected chi connectivity index (χ0v) is 24.8. The van der Waals surface area contributed by atoms with Gasteiger partial charge < -0.3 is 4.90 Å². The molecule has 0 radical (unpaired) electrons. The Bertz CT molecular complexity index is 1460. The van der Waals surface area contributed by atoms with Crippen LogP contribution in [-0.4, -0.2) is 87.2 Å². The fourth-order valence-electron chi connectivity index (χ4n) is 5.57. The smallest absolute Gasteiger partial charge is 0.251 e. The molecule has 0 bridgehead atoms. The first-order chi connectivity index (χ1) is 20.4. The number of nitrogens with one attached hydrogen (secondary N) is 3. The number of rotatable bonds is 11. The van der Waals surface area contributed by atoms with Crippen molar-refractivity contribution in [1.82, 2.24) is 9.97 Å². The Balaban J connectivity index is 1.39. The van der Waals surface area contributed by atoms with Crippen molar-refractivity contribution in [3.63, 3.8) is 0 Å². The van der Waals surface area contributed by atoms with Crippen LogP contribution in [-0.2, 0) is 14.7 Å².